The van der Waals surface area contributed by atoms with Crippen molar-refractivity contribution in [3.05, 3.63) is 59.4 Å². The van der Waals surface area contributed by atoms with Crippen LogP contribution in [0, 0.1) is 11.3 Å². The quantitative estimate of drug-likeness (QED) is 0.881. The summed E-state index contributed by atoms with van der Waals surface area (Å²) in [6.45, 7) is 3.13. The molecule has 0 fully saturated rings. The van der Waals surface area contributed by atoms with Gasteiger partial charge in [-0.25, -0.2) is 0 Å². The van der Waals surface area contributed by atoms with Crippen LogP contribution in [0.5, 0.6) is 0 Å². The molecule has 0 aliphatic carbocycles. The van der Waals surface area contributed by atoms with Gasteiger partial charge in [-0.05, 0) is 36.8 Å². The van der Waals surface area contributed by atoms with Crippen LogP contribution in [0.25, 0.3) is 0 Å². The Morgan fingerprint density at radius 3 is 2.95 bits per heavy atom. The highest BCUT2D eigenvalue weighted by atomic mass is 16.1. The molecule has 0 aliphatic heterocycles. The smallest absolute Gasteiger partial charge is 0.270 e. The van der Waals surface area contributed by atoms with E-state index in [-0.39, 0.29) is 5.91 Å². The Kier molecular flexibility index (Phi) is 4.89. The van der Waals surface area contributed by atoms with Gasteiger partial charge in [-0.1, -0.05) is 12.1 Å². The number of carbonyl (C=O) groups excluding carboxylic acids is 1. The molecule has 0 aliphatic rings. The molecule has 1 heterocycles. The molecule has 1 aromatic carbocycles. The Hall–Kier alpha value is -2.87. The molecular formula is C16H16N4O. The number of benzene rings is 1. The highest BCUT2D eigenvalue weighted by Crippen LogP contribution is 2.08. The zero-order valence-corrected chi connectivity index (χ0v) is 11.8. The third kappa shape index (κ3) is 4.05. The molecule has 2 rings (SSSR count). The predicted octanol–water partition coefficient (Wildman–Crippen LogP) is 2.32. The van der Waals surface area contributed by atoms with Crippen LogP contribution >= 0.6 is 0 Å². The molecule has 0 bridgehead atoms. The van der Waals surface area contributed by atoms with E-state index in [2.05, 4.69) is 21.7 Å². The van der Waals surface area contributed by atoms with E-state index in [0.717, 1.165) is 17.8 Å². The van der Waals surface area contributed by atoms with Gasteiger partial charge in [0.2, 0.25) is 0 Å². The number of nitrogens with zero attached hydrogens (tertiary/aromatic N) is 2. The fourth-order valence-corrected chi connectivity index (χ4v) is 1.89. The Morgan fingerprint density at radius 2 is 2.19 bits per heavy atom. The van der Waals surface area contributed by atoms with E-state index in [0.29, 0.717) is 17.8 Å². The number of nitrogens with one attached hydrogen (secondary N) is 2. The van der Waals surface area contributed by atoms with Crippen molar-refractivity contribution in [2.45, 2.75) is 13.5 Å². The number of amides is 1. The molecule has 0 spiro atoms. The Morgan fingerprint density at radius 1 is 1.33 bits per heavy atom. The fraction of sp³-hybridized carbons (Fsp3) is 0.188. The van der Waals surface area contributed by atoms with Crippen LogP contribution in [-0.4, -0.2) is 17.4 Å². The second-order valence-electron chi connectivity index (χ2n) is 4.45. The second-order valence-corrected chi connectivity index (χ2v) is 4.45. The van der Waals surface area contributed by atoms with Crippen molar-refractivity contribution in [2.24, 2.45) is 0 Å². The molecule has 2 N–H and O–H groups in total. The molecule has 0 saturated heterocycles. The minimum absolute atomic E-state index is 0.239. The summed E-state index contributed by atoms with van der Waals surface area (Å²) in [6.07, 6.45) is 1.60. The molecule has 5 heteroatoms. The average molecular weight is 280 g/mol. The lowest BCUT2D eigenvalue weighted by Crippen LogP contribution is -2.23. The number of hydrogen-bond donors (Lipinski definition) is 2. The van der Waals surface area contributed by atoms with Gasteiger partial charge in [-0.3, -0.25) is 9.78 Å². The first-order chi connectivity index (χ1) is 10.2. The topological polar surface area (TPSA) is 77.8 Å². The van der Waals surface area contributed by atoms with Gasteiger partial charge in [0.1, 0.15) is 5.69 Å². The minimum Gasteiger partial charge on any atom is -0.385 e. The van der Waals surface area contributed by atoms with Gasteiger partial charge in [-0.15, -0.1) is 0 Å². The van der Waals surface area contributed by atoms with Gasteiger partial charge in [0, 0.05) is 25.0 Å². The van der Waals surface area contributed by atoms with Gasteiger partial charge in [-0.2, -0.15) is 5.26 Å². The zero-order chi connectivity index (χ0) is 15.1. The van der Waals surface area contributed by atoms with Crippen LogP contribution in [0.3, 0.4) is 0 Å². The molecule has 0 radical (unpaired) electrons. The maximum absolute atomic E-state index is 12.1. The maximum atomic E-state index is 12.1. The van der Waals surface area contributed by atoms with Crippen molar-refractivity contribution in [3.8, 4) is 6.07 Å². The summed E-state index contributed by atoms with van der Waals surface area (Å²) < 4.78 is 0. The van der Waals surface area contributed by atoms with E-state index in [1.807, 2.05) is 19.1 Å². The number of nitriles is 1. The van der Waals surface area contributed by atoms with Crippen molar-refractivity contribution in [1.82, 2.24) is 10.3 Å². The zero-order valence-electron chi connectivity index (χ0n) is 11.8. The number of hydrogen-bond acceptors (Lipinski definition) is 4. The first kappa shape index (κ1) is 14.5. The highest BCUT2D eigenvalue weighted by molar-refractivity contribution is 5.93. The van der Waals surface area contributed by atoms with Crippen molar-refractivity contribution < 1.29 is 4.79 Å². The molecule has 106 valence electrons. The van der Waals surface area contributed by atoms with E-state index in [1.54, 1.807) is 30.5 Å². The third-order valence-corrected chi connectivity index (χ3v) is 2.88. The monoisotopic (exact) mass is 280 g/mol. The van der Waals surface area contributed by atoms with Gasteiger partial charge in [0.25, 0.3) is 5.91 Å². The summed E-state index contributed by atoms with van der Waals surface area (Å²) in [5.41, 5.74) is 2.69. The third-order valence-electron chi connectivity index (χ3n) is 2.88. The summed E-state index contributed by atoms with van der Waals surface area (Å²) in [6, 6.07) is 12.7. The summed E-state index contributed by atoms with van der Waals surface area (Å²) in [5.74, 6) is -0.239. The van der Waals surface area contributed by atoms with Crippen LogP contribution in [0.15, 0.2) is 42.6 Å². The lowest BCUT2D eigenvalue weighted by molar-refractivity contribution is 0.0946. The Bertz CT molecular complexity index is 676. The van der Waals surface area contributed by atoms with E-state index in [1.165, 1.54) is 0 Å². The fourth-order valence-electron chi connectivity index (χ4n) is 1.89. The molecule has 2 aromatic rings. The number of rotatable bonds is 5. The van der Waals surface area contributed by atoms with Crippen molar-refractivity contribution in [1.29, 1.82) is 5.26 Å². The van der Waals surface area contributed by atoms with Gasteiger partial charge in [0.15, 0.2) is 0 Å². The summed E-state index contributed by atoms with van der Waals surface area (Å²) >= 11 is 0. The largest absolute Gasteiger partial charge is 0.385 e. The Balaban J connectivity index is 2.01. The van der Waals surface area contributed by atoms with Crippen LogP contribution in [0.4, 0.5) is 5.69 Å². The minimum atomic E-state index is -0.239. The summed E-state index contributed by atoms with van der Waals surface area (Å²) in [7, 11) is 0. The van der Waals surface area contributed by atoms with Crippen LogP contribution in [0.2, 0.25) is 0 Å². The average Bonchev–Trinajstić information content (AvgIpc) is 2.53. The molecule has 1 aromatic heterocycles. The number of aromatic nitrogens is 1. The normalized spacial score (nSPS) is 9.71. The van der Waals surface area contributed by atoms with Gasteiger partial charge in [0.05, 0.1) is 11.6 Å². The van der Waals surface area contributed by atoms with Crippen molar-refractivity contribution in [3.63, 3.8) is 0 Å². The van der Waals surface area contributed by atoms with E-state index >= 15 is 0 Å². The first-order valence-electron chi connectivity index (χ1n) is 6.70. The summed E-state index contributed by atoms with van der Waals surface area (Å²) in [5, 5.41) is 14.8. The SMILES string of the molecule is CCNc1ccnc(C(=O)NCc2cccc(C#N)c2)c1. The predicted molar refractivity (Wildman–Crippen MR) is 80.7 cm³/mol. The lowest BCUT2D eigenvalue weighted by Gasteiger charge is -2.07. The van der Waals surface area contributed by atoms with Crippen molar-refractivity contribution in [2.75, 3.05) is 11.9 Å². The standard InChI is InChI=1S/C16H16N4O/c1-2-18-14-6-7-19-15(9-14)16(21)20-11-13-5-3-4-12(8-13)10-17/h3-9H,2,11H2,1H3,(H,18,19)(H,20,21). The molecule has 1 amide bonds. The number of pyridine rings is 1. The maximum Gasteiger partial charge on any atom is 0.270 e. The molecule has 0 atom stereocenters. The van der Waals surface area contributed by atoms with Gasteiger partial charge < -0.3 is 10.6 Å². The second kappa shape index (κ2) is 7.06. The van der Waals surface area contributed by atoms with Crippen LogP contribution in [-0.2, 0) is 6.54 Å². The molecule has 0 saturated carbocycles. The molecule has 21 heavy (non-hydrogen) atoms. The Labute approximate surface area is 123 Å². The van der Waals surface area contributed by atoms with Crippen LogP contribution < -0.4 is 10.6 Å². The van der Waals surface area contributed by atoms with E-state index < -0.39 is 0 Å². The lowest BCUT2D eigenvalue weighted by atomic mass is 10.1. The first-order valence-corrected chi connectivity index (χ1v) is 6.70. The van der Waals surface area contributed by atoms with Crippen molar-refractivity contribution >= 4 is 11.6 Å². The molecular weight excluding hydrogens is 264 g/mol. The van der Waals surface area contributed by atoms with Crippen LogP contribution in [0.1, 0.15) is 28.5 Å². The number of anilines is 1. The van der Waals surface area contributed by atoms with Gasteiger partial charge >= 0.3 is 0 Å². The number of carbonyl (C=O) groups is 1. The summed E-state index contributed by atoms with van der Waals surface area (Å²) in [4.78, 5) is 16.1. The highest BCUT2D eigenvalue weighted by Gasteiger charge is 2.07. The van der Waals surface area contributed by atoms with E-state index in [9.17, 15) is 4.79 Å². The van der Waals surface area contributed by atoms with E-state index in [4.69, 9.17) is 5.26 Å². The molecule has 5 nitrogen and oxygen atoms in total. The molecule has 0 unspecified atom stereocenters.